The van der Waals surface area contributed by atoms with Gasteiger partial charge in [0.15, 0.2) is 0 Å². The molecule has 88 valence electrons. The van der Waals surface area contributed by atoms with Crippen molar-refractivity contribution < 1.29 is 0 Å². The smallest absolute Gasteiger partial charge is 0.219 e. The van der Waals surface area contributed by atoms with E-state index in [1.165, 1.54) is 5.56 Å². The predicted molar refractivity (Wildman–Crippen MR) is 68.1 cm³/mol. The molecule has 0 bridgehead atoms. The second kappa shape index (κ2) is 5.41. The first-order valence-electron chi connectivity index (χ1n) is 5.60. The molecule has 0 aliphatic heterocycles. The molecule has 3 N–H and O–H groups in total. The number of hydrogen-bond acceptors (Lipinski definition) is 4. The highest BCUT2D eigenvalue weighted by Gasteiger charge is 2.03. The molecule has 2 aromatic rings. The molecule has 4 heteroatoms. The van der Waals surface area contributed by atoms with E-state index < -0.39 is 0 Å². The Morgan fingerprint density at radius 3 is 2.47 bits per heavy atom. The van der Waals surface area contributed by atoms with Crippen LogP contribution in [0.15, 0.2) is 42.7 Å². The second-order valence-electron chi connectivity index (χ2n) is 3.96. The molecule has 17 heavy (non-hydrogen) atoms. The molecule has 1 aromatic carbocycles. The van der Waals surface area contributed by atoms with E-state index >= 15 is 0 Å². The zero-order valence-electron chi connectivity index (χ0n) is 9.80. The minimum atomic E-state index is 0.300. The third-order valence-electron chi connectivity index (χ3n) is 2.64. The fourth-order valence-electron chi connectivity index (χ4n) is 1.59. The number of benzene rings is 1. The summed E-state index contributed by atoms with van der Waals surface area (Å²) >= 11 is 0. The molecular formula is C13H16N4. The third-order valence-corrected chi connectivity index (χ3v) is 2.64. The Kier molecular flexibility index (Phi) is 3.67. The molecule has 0 saturated carbocycles. The highest BCUT2D eigenvalue weighted by Crippen LogP contribution is 2.11. The Morgan fingerprint density at radius 2 is 1.82 bits per heavy atom. The van der Waals surface area contributed by atoms with Gasteiger partial charge in [-0.3, -0.25) is 0 Å². The molecule has 0 fully saturated rings. The molecule has 1 heterocycles. The van der Waals surface area contributed by atoms with Crippen molar-refractivity contribution >= 4 is 5.95 Å². The SMILES string of the molecule is C[C@@H](NCc1cnc(N)nc1)c1ccccc1. The fraction of sp³-hybridized carbons (Fsp3) is 0.231. The quantitative estimate of drug-likeness (QED) is 0.839. The zero-order valence-corrected chi connectivity index (χ0v) is 9.80. The highest BCUT2D eigenvalue weighted by atomic mass is 15.0. The van der Waals surface area contributed by atoms with Crippen molar-refractivity contribution in [1.82, 2.24) is 15.3 Å². The van der Waals surface area contributed by atoms with E-state index in [9.17, 15) is 0 Å². The lowest BCUT2D eigenvalue weighted by Gasteiger charge is -2.13. The summed E-state index contributed by atoms with van der Waals surface area (Å²) in [7, 11) is 0. The number of nitrogens with zero attached hydrogens (tertiary/aromatic N) is 2. The van der Waals surface area contributed by atoms with E-state index in [-0.39, 0.29) is 0 Å². The molecule has 0 spiro atoms. The Hall–Kier alpha value is -1.94. The summed E-state index contributed by atoms with van der Waals surface area (Å²) in [5.41, 5.74) is 7.73. The van der Waals surface area contributed by atoms with E-state index in [4.69, 9.17) is 5.73 Å². The maximum absolute atomic E-state index is 5.43. The van der Waals surface area contributed by atoms with Crippen LogP contribution in [0.1, 0.15) is 24.1 Å². The van der Waals surface area contributed by atoms with Gasteiger partial charge in [-0.05, 0) is 12.5 Å². The molecule has 1 atom stereocenters. The lowest BCUT2D eigenvalue weighted by atomic mass is 10.1. The molecule has 1 aromatic heterocycles. The Balaban J connectivity index is 1.92. The average Bonchev–Trinajstić information content (AvgIpc) is 2.39. The number of rotatable bonds is 4. The lowest BCUT2D eigenvalue weighted by Crippen LogP contribution is -2.18. The molecule has 0 unspecified atom stereocenters. The van der Waals surface area contributed by atoms with Crippen LogP contribution in [-0.4, -0.2) is 9.97 Å². The van der Waals surface area contributed by atoms with Crippen molar-refractivity contribution in [3.05, 3.63) is 53.9 Å². The topological polar surface area (TPSA) is 63.8 Å². The van der Waals surface area contributed by atoms with Gasteiger partial charge >= 0.3 is 0 Å². The van der Waals surface area contributed by atoms with E-state index in [2.05, 4.69) is 34.3 Å². The highest BCUT2D eigenvalue weighted by molar-refractivity contribution is 5.19. The van der Waals surface area contributed by atoms with Crippen molar-refractivity contribution in [2.75, 3.05) is 5.73 Å². The van der Waals surface area contributed by atoms with Crippen molar-refractivity contribution in [2.45, 2.75) is 19.5 Å². The molecule has 0 radical (unpaired) electrons. The fourth-order valence-corrected chi connectivity index (χ4v) is 1.59. The van der Waals surface area contributed by atoms with E-state index in [1.54, 1.807) is 12.4 Å². The van der Waals surface area contributed by atoms with Gasteiger partial charge in [-0.2, -0.15) is 0 Å². The second-order valence-corrected chi connectivity index (χ2v) is 3.96. The molecule has 0 aliphatic carbocycles. The van der Waals surface area contributed by atoms with Crippen LogP contribution in [0.3, 0.4) is 0 Å². The van der Waals surface area contributed by atoms with Crippen molar-refractivity contribution in [1.29, 1.82) is 0 Å². The van der Waals surface area contributed by atoms with Gasteiger partial charge in [-0.25, -0.2) is 9.97 Å². The van der Waals surface area contributed by atoms with Gasteiger partial charge in [0, 0.05) is 30.5 Å². The largest absolute Gasteiger partial charge is 0.368 e. The van der Waals surface area contributed by atoms with Crippen LogP contribution < -0.4 is 11.1 Å². The van der Waals surface area contributed by atoms with Crippen LogP contribution in [-0.2, 0) is 6.54 Å². The van der Waals surface area contributed by atoms with Gasteiger partial charge in [0.2, 0.25) is 5.95 Å². The van der Waals surface area contributed by atoms with Gasteiger partial charge in [-0.1, -0.05) is 30.3 Å². The van der Waals surface area contributed by atoms with Gasteiger partial charge in [-0.15, -0.1) is 0 Å². The summed E-state index contributed by atoms with van der Waals surface area (Å²) in [6.45, 7) is 2.86. The van der Waals surface area contributed by atoms with Crippen LogP contribution in [0, 0.1) is 0 Å². The first kappa shape index (κ1) is 11.5. The molecule has 2 rings (SSSR count). The molecule has 0 aliphatic rings. The van der Waals surface area contributed by atoms with Crippen LogP contribution in [0.5, 0.6) is 0 Å². The number of anilines is 1. The van der Waals surface area contributed by atoms with E-state index in [0.717, 1.165) is 12.1 Å². The maximum atomic E-state index is 5.43. The van der Waals surface area contributed by atoms with Crippen molar-refractivity contribution in [2.24, 2.45) is 0 Å². The maximum Gasteiger partial charge on any atom is 0.219 e. The first-order chi connectivity index (χ1) is 8.25. The lowest BCUT2D eigenvalue weighted by molar-refractivity contribution is 0.573. The zero-order chi connectivity index (χ0) is 12.1. The molecular weight excluding hydrogens is 212 g/mol. The van der Waals surface area contributed by atoms with Gasteiger partial charge in [0.25, 0.3) is 0 Å². The normalized spacial score (nSPS) is 12.3. The third kappa shape index (κ3) is 3.26. The number of aromatic nitrogens is 2. The minimum absolute atomic E-state index is 0.300. The van der Waals surface area contributed by atoms with Crippen LogP contribution >= 0.6 is 0 Å². The summed E-state index contributed by atoms with van der Waals surface area (Å²) in [4.78, 5) is 7.91. The standard InChI is InChI=1S/C13H16N4/c1-10(12-5-3-2-4-6-12)15-7-11-8-16-13(14)17-9-11/h2-6,8-10,15H,7H2,1H3,(H2,14,16,17)/t10-/m1/s1. The Bertz CT molecular complexity index is 453. The van der Waals surface area contributed by atoms with Crippen LogP contribution in [0.2, 0.25) is 0 Å². The average molecular weight is 228 g/mol. The summed E-state index contributed by atoms with van der Waals surface area (Å²) in [5, 5.41) is 3.41. The Labute approximate surface area is 101 Å². The summed E-state index contributed by atoms with van der Waals surface area (Å²) < 4.78 is 0. The number of nitrogens with one attached hydrogen (secondary N) is 1. The summed E-state index contributed by atoms with van der Waals surface area (Å²) in [6, 6.07) is 10.6. The van der Waals surface area contributed by atoms with Gasteiger partial charge < -0.3 is 11.1 Å². The molecule has 4 nitrogen and oxygen atoms in total. The number of hydrogen-bond donors (Lipinski definition) is 2. The first-order valence-corrected chi connectivity index (χ1v) is 5.60. The Morgan fingerprint density at radius 1 is 1.18 bits per heavy atom. The monoisotopic (exact) mass is 228 g/mol. The summed E-state index contributed by atoms with van der Waals surface area (Å²) in [6.07, 6.45) is 3.49. The molecule has 0 saturated heterocycles. The minimum Gasteiger partial charge on any atom is -0.368 e. The number of nitrogens with two attached hydrogens (primary N) is 1. The predicted octanol–water partition coefficient (Wildman–Crippen LogP) is 1.91. The van der Waals surface area contributed by atoms with Crippen molar-refractivity contribution in [3.63, 3.8) is 0 Å². The van der Waals surface area contributed by atoms with E-state index in [1.807, 2.05) is 18.2 Å². The van der Waals surface area contributed by atoms with Gasteiger partial charge in [0.1, 0.15) is 0 Å². The number of nitrogen functional groups attached to an aromatic ring is 1. The summed E-state index contributed by atoms with van der Waals surface area (Å²) in [5.74, 6) is 0.310. The van der Waals surface area contributed by atoms with Crippen molar-refractivity contribution in [3.8, 4) is 0 Å². The van der Waals surface area contributed by atoms with E-state index in [0.29, 0.717) is 12.0 Å². The molecule has 0 amide bonds. The van der Waals surface area contributed by atoms with Crippen LogP contribution in [0.4, 0.5) is 5.95 Å². The van der Waals surface area contributed by atoms with Crippen LogP contribution in [0.25, 0.3) is 0 Å². The van der Waals surface area contributed by atoms with Gasteiger partial charge in [0.05, 0.1) is 0 Å².